The van der Waals surface area contributed by atoms with E-state index in [-0.39, 0.29) is 11.9 Å². The summed E-state index contributed by atoms with van der Waals surface area (Å²) in [6.45, 7) is 5.41. The van der Waals surface area contributed by atoms with Crippen molar-refractivity contribution >= 4 is 17.2 Å². The van der Waals surface area contributed by atoms with E-state index in [1.54, 1.807) is 11.3 Å². The van der Waals surface area contributed by atoms with Gasteiger partial charge in [-0.25, -0.2) is 4.98 Å². The second-order valence-corrected chi connectivity index (χ2v) is 7.14. The molecule has 1 fully saturated rings. The van der Waals surface area contributed by atoms with Gasteiger partial charge in [-0.15, -0.1) is 11.3 Å². The Kier molecular flexibility index (Phi) is 4.27. The van der Waals surface area contributed by atoms with Crippen molar-refractivity contribution in [3.63, 3.8) is 0 Å². The van der Waals surface area contributed by atoms with Crippen LogP contribution in [-0.4, -0.2) is 34.9 Å². The summed E-state index contributed by atoms with van der Waals surface area (Å²) in [4.78, 5) is 20.2. The molecule has 1 atom stereocenters. The van der Waals surface area contributed by atoms with Crippen LogP contribution in [0.5, 0.6) is 0 Å². The molecule has 4 nitrogen and oxygen atoms in total. The van der Waals surface area contributed by atoms with Crippen molar-refractivity contribution in [2.75, 3.05) is 13.1 Å². The van der Waals surface area contributed by atoms with Crippen molar-refractivity contribution in [1.82, 2.24) is 9.88 Å². The SMILES string of the molecule is Cc1cccc(-c2sc(C)nc2C(=O)N2CCCC(N)C2)c1. The molecule has 116 valence electrons. The molecule has 0 spiro atoms. The number of piperidine rings is 1. The van der Waals surface area contributed by atoms with Gasteiger partial charge in [0, 0.05) is 19.1 Å². The number of aromatic nitrogens is 1. The number of carbonyl (C=O) groups is 1. The van der Waals surface area contributed by atoms with Crippen LogP contribution in [0.25, 0.3) is 10.4 Å². The van der Waals surface area contributed by atoms with Gasteiger partial charge in [0.1, 0.15) is 5.69 Å². The number of rotatable bonds is 2. The Labute approximate surface area is 135 Å². The zero-order valence-electron chi connectivity index (χ0n) is 13.0. The molecule has 3 rings (SSSR count). The van der Waals surface area contributed by atoms with E-state index < -0.39 is 0 Å². The molecule has 0 radical (unpaired) electrons. The maximum Gasteiger partial charge on any atom is 0.274 e. The van der Waals surface area contributed by atoms with E-state index in [1.165, 1.54) is 5.56 Å². The van der Waals surface area contributed by atoms with Gasteiger partial charge in [-0.2, -0.15) is 0 Å². The van der Waals surface area contributed by atoms with E-state index in [1.807, 2.05) is 24.0 Å². The molecular formula is C17H21N3OS. The van der Waals surface area contributed by atoms with Gasteiger partial charge < -0.3 is 10.6 Å². The molecule has 1 saturated heterocycles. The highest BCUT2D eigenvalue weighted by Crippen LogP contribution is 2.31. The van der Waals surface area contributed by atoms with Crippen LogP contribution in [-0.2, 0) is 0 Å². The molecule has 2 heterocycles. The molecule has 2 aromatic rings. The minimum Gasteiger partial charge on any atom is -0.336 e. The normalized spacial score (nSPS) is 18.5. The minimum atomic E-state index is 0.0102. The first-order valence-corrected chi connectivity index (χ1v) is 8.45. The van der Waals surface area contributed by atoms with Gasteiger partial charge in [-0.1, -0.05) is 29.8 Å². The van der Waals surface area contributed by atoms with Crippen LogP contribution in [0.3, 0.4) is 0 Å². The molecule has 22 heavy (non-hydrogen) atoms. The predicted octanol–water partition coefficient (Wildman–Crippen LogP) is 2.99. The summed E-state index contributed by atoms with van der Waals surface area (Å²) >= 11 is 1.58. The summed E-state index contributed by atoms with van der Waals surface area (Å²) in [5.74, 6) is 0.0102. The van der Waals surface area contributed by atoms with Gasteiger partial charge in [-0.3, -0.25) is 4.79 Å². The Bertz CT molecular complexity index is 695. The van der Waals surface area contributed by atoms with Gasteiger partial charge in [0.25, 0.3) is 5.91 Å². The number of aryl methyl sites for hydroxylation is 2. The fourth-order valence-electron chi connectivity index (χ4n) is 2.90. The van der Waals surface area contributed by atoms with Crippen molar-refractivity contribution in [1.29, 1.82) is 0 Å². The lowest BCUT2D eigenvalue weighted by Crippen LogP contribution is -2.45. The number of likely N-dealkylation sites (tertiary alicyclic amines) is 1. The summed E-state index contributed by atoms with van der Waals surface area (Å²) < 4.78 is 0. The van der Waals surface area contributed by atoms with Gasteiger partial charge in [-0.05, 0) is 32.3 Å². The van der Waals surface area contributed by atoms with Crippen molar-refractivity contribution in [2.24, 2.45) is 5.73 Å². The number of hydrogen-bond donors (Lipinski definition) is 1. The number of benzene rings is 1. The third-order valence-electron chi connectivity index (χ3n) is 3.96. The first-order valence-electron chi connectivity index (χ1n) is 7.64. The van der Waals surface area contributed by atoms with Crippen molar-refractivity contribution in [3.8, 4) is 10.4 Å². The Morgan fingerprint density at radius 2 is 2.23 bits per heavy atom. The number of nitrogens with zero attached hydrogens (tertiary/aromatic N) is 2. The Hall–Kier alpha value is -1.72. The topological polar surface area (TPSA) is 59.2 Å². The average Bonchev–Trinajstić information content (AvgIpc) is 2.88. The molecular weight excluding hydrogens is 294 g/mol. The van der Waals surface area contributed by atoms with E-state index >= 15 is 0 Å². The summed E-state index contributed by atoms with van der Waals surface area (Å²) in [6, 6.07) is 8.30. The molecule has 1 aromatic heterocycles. The number of amides is 1. The third kappa shape index (κ3) is 3.05. The summed E-state index contributed by atoms with van der Waals surface area (Å²) in [5, 5.41) is 0.918. The van der Waals surface area contributed by atoms with Crippen LogP contribution in [0.15, 0.2) is 24.3 Å². The van der Waals surface area contributed by atoms with E-state index in [0.29, 0.717) is 12.2 Å². The third-order valence-corrected chi connectivity index (χ3v) is 4.98. The maximum absolute atomic E-state index is 12.9. The largest absolute Gasteiger partial charge is 0.336 e. The highest BCUT2D eigenvalue weighted by atomic mass is 32.1. The molecule has 1 aromatic carbocycles. The van der Waals surface area contributed by atoms with E-state index in [0.717, 1.165) is 34.8 Å². The quantitative estimate of drug-likeness (QED) is 0.927. The predicted molar refractivity (Wildman–Crippen MR) is 90.1 cm³/mol. The van der Waals surface area contributed by atoms with Crippen LogP contribution in [0.4, 0.5) is 0 Å². The van der Waals surface area contributed by atoms with Crippen molar-refractivity contribution in [2.45, 2.75) is 32.7 Å². The first-order chi connectivity index (χ1) is 10.5. The molecule has 1 aliphatic rings. The fraction of sp³-hybridized carbons (Fsp3) is 0.412. The second kappa shape index (κ2) is 6.18. The van der Waals surface area contributed by atoms with Crippen molar-refractivity contribution in [3.05, 3.63) is 40.5 Å². The first kappa shape index (κ1) is 15.2. The van der Waals surface area contributed by atoms with Gasteiger partial charge in [0.15, 0.2) is 0 Å². The molecule has 0 aliphatic carbocycles. The summed E-state index contributed by atoms with van der Waals surface area (Å²) in [6.07, 6.45) is 1.96. The summed E-state index contributed by atoms with van der Waals surface area (Å²) in [7, 11) is 0. The lowest BCUT2D eigenvalue weighted by atomic mass is 10.1. The van der Waals surface area contributed by atoms with Crippen molar-refractivity contribution < 1.29 is 4.79 Å². The van der Waals surface area contributed by atoms with Crippen LogP contribution < -0.4 is 5.73 Å². The van der Waals surface area contributed by atoms with Crippen LogP contribution >= 0.6 is 11.3 Å². The Morgan fingerprint density at radius 3 is 2.95 bits per heavy atom. The van der Waals surface area contributed by atoms with Crippen LogP contribution in [0.2, 0.25) is 0 Å². The number of nitrogens with two attached hydrogens (primary N) is 1. The fourth-order valence-corrected chi connectivity index (χ4v) is 3.80. The zero-order chi connectivity index (χ0) is 15.7. The van der Waals surface area contributed by atoms with Gasteiger partial charge in [0.05, 0.1) is 9.88 Å². The molecule has 1 unspecified atom stereocenters. The second-order valence-electron chi connectivity index (χ2n) is 5.93. The minimum absolute atomic E-state index is 0.0102. The molecule has 0 saturated carbocycles. The number of carbonyl (C=O) groups excluding carboxylic acids is 1. The van der Waals surface area contributed by atoms with Crippen LogP contribution in [0.1, 0.15) is 33.9 Å². The molecule has 1 amide bonds. The Balaban J connectivity index is 1.95. The highest BCUT2D eigenvalue weighted by molar-refractivity contribution is 7.15. The smallest absolute Gasteiger partial charge is 0.274 e. The van der Waals surface area contributed by atoms with Crippen LogP contribution in [0, 0.1) is 13.8 Å². The highest BCUT2D eigenvalue weighted by Gasteiger charge is 2.27. The standard InChI is InChI=1S/C17H21N3OS/c1-11-5-3-6-13(9-11)16-15(19-12(2)22-16)17(21)20-8-4-7-14(18)10-20/h3,5-6,9,14H,4,7-8,10,18H2,1-2H3. The zero-order valence-corrected chi connectivity index (χ0v) is 13.8. The number of hydrogen-bond acceptors (Lipinski definition) is 4. The van der Waals surface area contributed by atoms with E-state index in [4.69, 9.17) is 5.73 Å². The van der Waals surface area contributed by atoms with E-state index in [9.17, 15) is 4.79 Å². The monoisotopic (exact) mass is 315 g/mol. The number of thiazole rings is 1. The molecule has 1 aliphatic heterocycles. The van der Waals surface area contributed by atoms with E-state index in [2.05, 4.69) is 24.0 Å². The molecule has 2 N–H and O–H groups in total. The Morgan fingerprint density at radius 1 is 1.41 bits per heavy atom. The summed E-state index contributed by atoms with van der Waals surface area (Å²) in [5.41, 5.74) is 8.82. The molecule has 0 bridgehead atoms. The average molecular weight is 315 g/mol. The lowest BCUT2D eigenvalue weighted by molar-refractivity contribution is 0.0704. The maximum atomic E-state index is 12.9. The van der Waals surface area contributed by atoms with Gasteiger partial charge >= 0.3 is 0 Å². The molecule has 5 heteroatoms. The van der Waals surface area contributed by atoms with Gasteiger partial charge in [0.2, 0.25) is 0 Å². The lowest BCUT2D eigenvalue weighted by Gasteiger charge is -2.30.